The van der Waals surface area contributed by atoms with E-state index in [0.29, 0.717) is 13.0 Å². The van der Waals surface area contributed by atoms with Gasteiger partial charge in [-0.3, -0.25) is 4.79 Å². The topological polar surface area (TPSA) is 85.2 Å². The average molecular weight is 336 g/mol. The fourth-order valence-corrected chi connectivity index (χ4v) is 2.81. The van der Waals surface area contributed by atoms with Crippen molar-refractivity contribution < 1.29 is 29.2 Å². The summed E-state index contributed by atoms with van der Waals surface area (Å²) < 4.78 is 16.2. The zero-order valence-corrected chi connectivity index (χ0v) is 14.0. The predicted octanol–water partition coefficient (Wildman–Crippen LogP) is 2.36. The van der Waals surface area contributed by atoms with E-state index in [0.717, 1.165) is 16.9 Å². The number of ether oxygens (including phenoxy) is 3. The Balaban J connectivity index is 1.84. The monoisotopic (exact) mass is 336 g/mol. The fraction of sp³-hybridized carbons (Fsp3) is 0.500. The van der Waals surface area contributed by atoms with Crippen LogP contribution in [-0.2, 0) is 20.9 Å². The second-order valence-electron chi connectivity index (χ2n) is 5.99. The van der Waals surface area contributed by atoms with Gasteiger partial charge in [-0.25, -0.2) is 0 Å². The number of rotatable bonds is 8. The van der Waals surface area contributed by atoms with Crippen LogP contribution in [0.25, 0.3) is 0 Å². The molecule has 1 aromatic rings. The molecule has 0 amide bonds. The molecule has 0 radical (unpaired) electrons. The Kier molecular flexibility index (Phi) is 6.78. The smallest absolute Gasteiger partial charge is 0.303 e. The summed E-state index contributed by atoms with van der Waals surface area (Å²) in [5.41, 5.74) is 1.97. The van der Waals surface area contributed by atoms with Crippen molar-refractivity contribution in [3.63, 3.8) is 0 Å². The minimum atomic E-state index is -0.945. The molecule has 6 heteroatoms. The molecule has 1 aliphatic carbocycles. The predicted molar refractivity (Wildman–Crippen MR) is 87.6 cm³/mol. The largest absolute Gasteiger partial charge is 0.497 e. The molecule has 0 heterocycles. The highest BCUT2D eigenvalue weighted by atomic mass is 16.7. The molecule has 3 atom stereocenters. The third-order valence-electron chi connectivity index (χ3n) is 4.08. The van der Waals surface area contributed by atoms with E-state index in [4.69, 9.17) is 19.3 Å². The van der Waals surface area contributed by atoms with Gasteiger partial charge in [-0.05, 0) is 31.0 Å². The highest BCUT2D eigenvalue weighted by Gasteiger charge is 2.33. The number of aliphatic hydroxyl groups is 1. The number of methoxy groups -OCH3 is 1. The van der Waals surface area contributed by atoms with Gasteiger partial charge in [-0.1, -0.05) is 23.8 Å². The van der Waals surface area contributed by atoms with Gasteiger partial charge >= 0.3 is 5.97 Å². The molecule has 0 saturated heterocycles. The lowest BCUT2D eigenvalue weighted by Gasteiger charge is -2.32. The number of aliphatic carboxylic acids is 1. The molecule has 0 spiro atoms. The van der Waals surface area contributed by atoms with E-state index in [-0.39, 0.29) is 13.2 Å². The van der Waals surface area contributed by atoms with Crippen molar-refractivity contribution in [3.8, 4) is 5.75 Å². The van der Waals surface area contributed by atoms with Crippen LogP contribution < -0.4 is 4.74 Å². The maximum absolute atomic E-state index is 11.0. The van der Waals surface area contributed by atoms with Gasteiger partial charge < -0.3 is 24.4 Å². The summed E-state index contributed by atoms with van der Waals surface area (Å²) in [4.78, 5) is 11.0. The molecule has 0 aliphatic heterocycles. The van der Waals surface area contributed by atoms with Crippen molar-refractivity contribution in [2.75, 3.05) is 13.9 Å². The molecule has 6 nitrogen and oxygen atoms in total. The van der Waals surface area contributed by atoms with Crippen LogP contribution in [0.5, 0.6) is 5.75 Å². The summed E-state index contributed by atoms with van der Waals surface area (Å²) in [5, 5.41) is 19.1. The Morgan fingerprint density at radius 3 is 2.62 bits per heavy atom. The quantitative estimate of drug-likeness (QED) is 0.431. The van der Waals surface area contributed by atoms with Crippen molar-refractivity contribution in [2.45, 2.75) is 38.6 Å². The summed E-state index contributed by atoms with van der Waals surface area (Å²) in [7, 11) is 1.61. The molecule has 1 aliphatic rings. The maximum atomic E-state index is 11.0. The van der Waals surface area contributed by atoms with Crippen LogP contribution in [0.1, 0.15) is 25.3 Å². The van der Waals surface area contributed by atoms with Crippen molar-refractivity contribution in [1.29, 1.82) is 0 Å². The average Bonchev–Trinajstić information content (AvgIpc) is 2.55. The summed E-state index contributed by atoms with van der Waals surface area (Å²) in [6.45, 7) is 2.31. The number of hydrogen-bond donors (Lipinski definition) is 2. The van der Waals surface area contributed by atoms with Crippen molar-refractivity contribution >= 4 is 5.97 Å². The van der Waals surface area contributed by atoms with Crippen LogP contribution in [-0.4, -0.2) is 42.3 Å². The number of carboxylic acids is 1. The van der Waals surface area contributed by atoms with Crippen molar-refractivity contribution in [2.24, 2.45) is 5.92 Å². The van der Waals surface area contributed by atoms with E-state index >= 15 is 0 Å². The summed E-state index contributed by atoms with van der Waals surface area (Å²) in [5.74, 6) is -0.626. The molecular weight excluding hydrogens is 312 g/mol. The highest BCUT2D eigenvalue weighted by molar-refractivity contribution is 5.67. The first-order valence-electron chi connectivity index (χ1n) is 7.89. The lowest BCUT2D eigenvalue weighted by molar-refractivity contribution is -0.146. The zero-order chi connectivity index (χ0) is 17.5. The Morgan fingerprint density at radius 1 is 1.29 bits per heavy atom. The van der Waals surface area contributed by atoms with Gasteiger partial charge in [0.25, 0.3) is 0 Å². The Morgan fingerprint density at radius 2 is 2.00 bits per heavy atom. The first-order chi connectivity index (χ1) is 11.5. The number of benzene rings is 1. The number of hydrogen-bond acceptors (Lipinski definition) is 5. The molecule has 0 bridgehead atoms. The molecule has 0 saturated carbocycles. The molecular formula is C18H24O6. The highest BCUT2D eigenvalue weighted by Crippen LogP contribution is 2.29. The first-order valence-corrected chi connectivity index (χ1v) is 7.89. The van der Waals surface area contributed by atoms with E-state index in [1.165, 1.54) is 0 Å². The Hall–Kier alpha value is -1.89. The lowest BCUT2D eigenvalue weighted by Crippen LogP contribution is -2.38. The first kappa shape index (κ1) is 18.4. The second-order valence-corrected chi connectivity index (χ2v) is 5.99. The van der Waals surface area contributed by atoms with Gasteiger partial charge in [-0.15, -0.1) is 0 Å². The Labute approximate surface area is 141 Å². The van der Waals surface area contributed by atoms with Crippen LogP contribution in [0.4, 0.5) is 0 Å². The third kappa shape index (κ3) is 5.33. The van der Waals surface area contributed by atoms with Gasteiger partial charge in [0.15, 0.2) is 0 Å². The van der Waals surface area contributed by atoms with Crippen LogP contribution >= 0.6 is 0 Å². The normalized spacial score (nSPS) is 23.6. The van der Waals surface area contributed by atoms with Gasteiger partial charge in [0.2, 0.25) is 0 Å². The molecule has 24 heavy (non-hydrogen) atoms. The van der Waals surface area contributed by atoms with E-state index in [9.17, 15) is 9.90 Å². The summed E-state index contributed by atoms with van der Waals surface area (Å²) in [6, 6.07) is 7.51. The van der Waals surface area contributed by atoms with Gasteiger partial charge in [-0.2, -0.15) is 0 Å². The molecule has 0 unspecified atom stereocenters. The standard InChI is InChI=1S/C18H24O6/c1-12-7-16(19)15(9-18(20)21)17(8-12)24-11-23-10-13-3-5-14(22-2)6-4-13/h3-6,8,15-17,19H,7,9-11H2,1-2H3,(H,20,21)/t15-,16+,17+/m0/s1. The van der Waals surface area contributed by atoms with Crippen LogP contribution in [0.2, 0.25) is 0 Å². The van der Waals surface area contributed by atoms with Crippen LogP contribution in [0.3, 0.4) is 0 Å². The number of aliphatic hydroxyl groups excluding tert-OH is 1. The van der Waals surface area contributed by atoms with E-state index < -0.39 is 24.1 Å². The molecule has 0 aromatic heterocycles. The number of carboxylic acid groups (broad SMARTS) is 1. The molecule has 2 rings (SSSR count). The van der Waals surface area contributed by atoms with E-state index in [1.54, 1.807) is 7.11 Å². The van der Waals surface area contributed by atoms with Gasteiger partial charge in [0, 0.05) is 5.92 Å². The third-order valence-corrected chi connectivity index (χ3v) is 4.08. The molecule has 1 aromatic carbocycles. The van der Waals surface area contributed by atoms with Crippen molar-refractivity contribution in [1.82, 2.24) is 0 Å². The van der Waals surface area contributed by atoms with E-state index in [1.807, 2.05) is 37.3 Å². The fourth-order valence-electron chi connectivity index (χ4n) is 2.81. The van der Waals surface area contributed by atoms with Crippen molar-refractivity contribution in [3.05, 3.63) is 41.5 Å². The zero-order valence-electron chi connectivity index (χ0n) is 14.0. The maximum Gasteiger partial charge on any atom is 0.303 e. The van der Waals surface area contributed by atoms with Crippen LogP contribution in [0.15, 0.2) is 35.9 Å². The van der Waals surface area contributed by atoms with Gasteiger partial charge in [0.05, 0.1) is 32.3 Å². The SMILES string of the molecule is COc1ccc(COCO[C@@H]2C=C(C)C[C@@H](O)[C@@H]2CC(=O)O)cc1. The minimum Gasteiger partial charge on any atom is -0.497 e. The minimum absolute atomic E-state index is 0.0311. The summed E-state index contributed by atoms with van der Waals surface area (Å²) >= 11 is 0. The Bertz CT molecular complexity index is 565. The molecule has 2 N–H and O–H groups in total. The van der Waals surface area contributed by atoms with Gasteiger partial charge in [0.1, 0.15) is 12.5 Å². The summed E-state index contributed by atoms with van der Waals surface area (Å²) in [6.07, 6.45) is 1.05. The molecule has 132 valence electrons. The number of carbonyl (C=O) groups is 1. The van der Waals surface area contributed by atoms with Crippen LogP contribution in [0, 0.1) is 5.92 Å². The van der Waals surface area contributed by atoms with E-state index in [2.05, 4.69) is 0 Å². The second kappa shape index (κ2) is 8.82. The molecule has 0 fully saturated rings. The lowest BCUT2D eigenvalue weighted by atomic mass is 9.83.